The largest absolute Gasteiger partial charge is 0.383 e. The van der Waals surface area contributed by atoms with Gasteiger partial charge in [-0.2, -0.15) is 0 Å². The van der Waals surface area contributed by atoms with Crippen LogP contribution in [-0.4, -0.2) is 51.3 Å². The summed E-state index contributed by atoms with van der Waals surface area (Å²) in [4.78, 5) is 32.2. The minimum atomic E-state index is -0.234. The van der Waals surface area contributed by atoms with E-state index in [1.54, 1.807) is 25.4 Å². The molecule has 0 aromatic carbocycles. The number of fused-ring (bicyclic) bond motifs is 1. The maximum Gasteiger partial charge on any atom is 0.267 e. The van der Waals surface area contributed by atoms with Crippen LogP contribution >= 0.6 is 24.0 Å². The first-order chi connectivity index (χ1) is 13.0. The van der Waals surface area contributed by atoms with Crippen molar-refractivity contribution < 1.29 is 9.53 Å². The molecule has 1 N–H and O–H groups in total. The quantitative estimate of drug-likeness (QED) is 0.585. The fraction of sp³-hybridized carbons (Fsp3) is 0.333. The number of pyridine rings is 1. The number of thioether (sulfide) groups is 1. The van der Waals surface area contributed by atoms with Gasteiger partial charge in [-0.1, -0.05) is 30.0 Å². The predicted octanol–water partition coefficient (Wildman–Crippen LogP) is 2.28. The van der Waals surface area contributed by atoms with Crippen molar-refractivity contribution >= 4 is 51.7 Å². The number of nitrogens with zero attached hydrogens (tertiary/aromatic N) is 3. The molecule has 3 rings (SSSR count). The number of hydrogen-bond donors (Lipinski definition) is 1. The summed E-state index contributed by atoms with van der Waals surface area (Å²) in [7, 11) is 1.57. The van der Waals surface area contributed by atoms with E-state index in [-0.39, 0.29) is 11.5 Å². The van der Waals surface area contributed by atoms with E-state index in [0.717, 1.165) is 5.56 Å². The highest BCUT2D eigenvalue weighted by molar-refractivity contribution is 8.26. The molecule has 9 heteroatoms. The molecule has 0 aliphatic carbocycles. The first-order valence-electron chi connectivity index (χ1n) is 8.47. The molecule has 1 fully saturated rings. The zero-order valence-corrected chi connectivity index (χ0v) is 16.9. The van der Waals surface area contributed by atoms with E-state index in [4.69, 9.17) is 17.0 Å². The van der Waals surface area contributed by atoms with Crippen LogP contribution in [0, 0.1) is 6.92 Å². The number of anilines is 1. The van der Waals surface area contributed by atoms with Crippen molar-refractivity contribution in [3.8, 4) is 0 Å². The van der Waals surface area contributed by atoms with Crippen LogP contribution in [0.1, 0.15) is 18.1 Å². The number of aromatic nitrogens is 2. The Kier molecular flexibility index (Phi) is 5.93. The monoisotopic (exact) mass is 404 g/mol. The first-order valence-corrected chi connectivity index (χ1v) is 9.70. The molecule has 1 saturated heterocycles. The van der Waals surface area contributed by atoms with Crippen molar-refractivity contribution in [1.29, 1.82) is 0 Å². The molecule has 0 atom stereocenters. The van der Waals surface area contributed by atoms with Crippen molar-refractivity contribution in [3.63, 3.8) is 0 Å². The number of amides is 1. The number of aryl methyl sites for hydroxylation is 1. The summed E-state index contributed by atoms with van der Waals surface area (Å²) in [5, 5.41) is 3.11. The average Bonchev–Trinajstić information content (AvgIpc) is 2.90. The lowest BCUT2D eigenvalue weighted by Crippen LogP contribution is -2.31. The lowest BCUT2D eigenvalue weighted by atomic mass is 10.2. The SMILES string of the molecule is CCNc1nc2ccc(C)cn2c(=O)c1C=C1SC(=S)N(CCOC)C1=O. The number of hydrogen-bond acceptors (Lipinski definition) is 7. The Morgan fingerprint density at radius 1 is 1.37 bits per heavy atom. The number of nitrogens with one attached hydrogen (secondary N) is 1. The van der Waals surface area contributed by atoms with Gasteiger partial charge in [-0.05, 0) is 31.6 Å². The molecule has 0 radical (unpaired) electrons. The normalized spacial score (nSPS) is 16.0. The summed E-state index contributed by atoms with van der Waals surface area (Å²) in [5.74, 6) is 0.228. The Labute approximate surface area is 166 Å². The molecule has 0 bridgehead atoms. The van der Waals surface area contributed by atoms with Crippen molar-refractivity contribution in [2.45, 2.75) is 13.8 Å². The fourth-order valence-corrected chi connectivity index (χ4v) is 3.99. The smallest absolute Gasteiger partial charge is 0.267 e. The van der Waals surface area contributed by atoms with Crippen LogP contribution in [0.2, 0.25) is 0 Å². The summed E-state index contributed by atoms with van der Waals surface area (Å²) in [6, 6.07) is 3.70. The molecule has 2 aromatic rings. The van der Waals surface area contributed by atoms with Crippen molar-refractivity contribution in [2.75, 3.05) is 32.1 Å². The minimum absolute atomic E-state index is 0.224. The van der Waals surface area contributed by atoms with E-state index in [1.807, 2.05) is 19.9 Å². The van der Waals surface area contributed by atoms with Crippen LogP contribution in [-0.2, 0) is 9.53 Å². The van der Waals surface area contributed by atoms with Gasteiger partial charge in [0, 0.05) is 19.9 Å². The van der Waals surface area contributed by atoms with E-state index >= 15 is 0 Å². The maximum atomic E-state index is 13.1. The molecule has 2 aromatic heterocycles. The van der Waals surface area contributed by atoms with Crippen molar-refractivity contribution in [2.24, 2.45) is 0 Å². The predicted molar refractivity (Wildman–Crippen MR) is 112 cm³/mol. The van der Waals surface area contributed by atoms with Crippen molar-refractivity contribution in [1.82, 2.24) is 14.3 Å². The maximum absolute atomic E-state index is 13.1. The highest BCUT2D eigenvalue weighted by atomic mass is 32.2. The number of thiocarbonyl (C=S) groups is 1. The Morgan fingerprint density at radius 3 is 2.85 bits per heavy atom. The van der Waals surface area contributed by atoms with E-state index < -0.39 is 0 Å². The molecule has 1 aliphatic rings. The van der Waals surface area contributed by atoms with Crippen LogP contribution in [0.5, 0.6) is 0 Å². The summed E-state index contributed by atoms with van der Waals surface area (Å²) < 4.78 is 6.98. The molecule has 3 heterocycles. The molecule has 1 aliphatic heterocycles. The Bertz CT molecular complexity index is 1000. The summed E-state index contributed by atoms with van der Waals surface area (Å²) in [6.07, 6.45) is 3.32. The molecule has 0 saturated carbocycles. The lowest BCUT2D eigenvalue weighted by molar-refractivity contribution is -0.122. The van der Waals surface area contributed by atoms with E-state index in [2.05, 4.69) is 10.3 Å². The second-order valence-corrected chi connectivity index (χ2v) is 7.65. The number of carbonyl (C=O) groups excluding carboxylic acids is 1. The molecular formula is C18H20N4O3S2. The highest BCUT2D eigenvalue weighted by Crippen LogP contribution is 2.32. The zero-order valence-electron chi connectivity index (χ0n) is 15.3. The van der Waals surface area contributed by atoms with Gasteiger partial charge in [0.25, 0.3) is 11.5 Å². The Hall–Kier alpha value is -2.23. The van der Waals surface area contributed by atoms with Gasteiger partial charge in [0.2, 0.25) is 0 Å². The molecule has 142 valence electrons. The molecule has 7 nitrogen and oxygen atoms in total. The van der Waals surface area contributed by atoms with Gasteiger partial charge in [0.05, 0.1) is 23.6 Å². The van der Waals surface area contributed by atoms with Crippen LogP contribution in [0.15, 0.2) is 28.0 Å². The van der Waals surface area contributed by atoms with Crippen LogP contribution in [0.4, 0.5) is 5.82 Å². The van der Waals surface area contributed by atoms with Gasteiger partial charge in [0.15, 0.2) is 0 Å². The number of methoxy groups -OCH3 is 1. The van der Waals surface area contributed by atoms with Crippen LogP contribution in [0.25, 0.3) is 11.7 Å². The van der Waals surface area contributed by atoms with Gasteiger partial charge in [0.1, 0.15) is 15.8 Å². The third-order valence-electron chi connectivity index (χ3n) is 4.02. The van der Waals surface area contributed by atoms with Crippen LogP contribution < -0.4 is 10.9 Å². The second kappa shape index (κ2) is 8.20. The molecule has 0 spiro atoms. The third kappa shape index (κ3) is 3.90. The summed E-state index contributed by atoms with van der Waals surface area (Å²) in [6.45, 7) is 5.20. The number of rotatable bonds is 6. The molecule has 0 unspecified atom stereocenters. The highest BCUT2D eigenvalue weighted by Gasteiger charge is 2.32. The Balaban J connectivity index is 2.10. The standard InChI is InChI=1S/C18H20N4O3S2/c1-4-19-15-12(16(23)22-10-11(2)5-6-14(22)20-15)9-13-17(24)21(7-8-25-3)18(26)27-13/h5-6,9-10,19H,4,7-8H2,1-3H3. The Morgan fingerprint density at radius 2 is 2.15 bits per heavy atom. The molecule has 27 heavy (non-hydrogen) atoms. The molecular weight excluding hydrogens is 384 g/mol. The minimum Gasteiger partial charge on any atom is -0.383 e. The van der Waals surface area contributed by atoms with E-state index in [9.17, 15) is 9.59 Å². The van der Waals surface area contributed by atoms with Gasteiger partial charge < -0.3 is 10.1 Å². The van der Waals surface area contributed by atoms with Gasteiger partial charge in [-0.3, -0.25) is 18.9 Å². The number of carbonyl (C=O) groups is 1. The number of ether oxygens (including phenoxy) is 1. The van der Waals surface area contributed by atoms with E-state index in [0.29, 0.717) is 46.0 Å². The molecule has 1 amide bonds. The lowest BCUT2D eigenvalue weighted by Gasteiger charge is -2.13. The first kappa shape index (κ1) is 19.5. The van der Waals surface area contributed by atoms with Gasteiger partial charge >= 0.3 is 0 Å². The average molecular weight is 405 g/mol. The van der Waals surface area contributed by atoms with Gasteiger partial charge in [-0.15, -0.1) is 0 Å². The van der Waals surface area contributed by atoms with Gasteiger partial charge in [-0.25, -0.2) is 4.98 Å². The summed E-state index contributed by atoms with van der Waals surface area (Å²) >= 11 is 6.47. The second-order valence-electron chi connectivity index (χ2n) is 5.97. The summed E-state index contributed by atoms with van der Waals surface area (Å²) in [5.41, 5.74) is 1.60. The van der Waals surface area contributed by atoms with Crippen molar-refractivity contribution in [3.05, 3.63) is 44.7 Å². The van der Waals surface area contributed by atoms with E-state index in [1.165, 1.54) is 21.1 Å². The van der Waals surface area contributed by atoms with Crippen LogP contribution in [0.3, 0.4) is 0 Å². The zero-order chi connectivity index (χ0) is 19.6. The topological polar surface area (TPSA) is 75.9 Å². The third-order valence-corrected chi connectivity index (χ3v) is 5.40. The fourth-order valence-electron chi connectivity index (χ4n) is 2.70.